The van der Waals surface area contributed by atoms with Crippen molar-refractivity contribution in [3.8, 4) is 0 Å². The van der Waals surface area contributed by atoms with Crippen LogP contribution in [0.3, 0.4) is 0 Å². The molecule has 0 saturated carbocycles. The van der Waals surface area contributed by atoms with E-state index in [2.05, 4.69) is 91.0 Å². The zero-order valence-corrected chi connectivity index (χ0v) is 17.9. The number of benzene rings is 3. The summed E-state index contributed by atoms with van der Waals surface area (Å²) in [6.07, 6.45) is 1.76. The van der Waals surface area contributed by atoms with E-state index < -0.39 is 0 Å². The first-order valence-electron chi connectivity index (χ1n) is 8.83. The highest BCUT2D eigenvalue weighted by atomic mass is 79.9. The van der Waals surface area contributed by atoms with Crippen molar-refractivity contribution in [2.75, 3.05) is 5.73 Å². The molecule has 0 aliphatic rings. The van der Waals surface area contributed by atoms with Crippen molar-refractivity contribution in [2.45, 2.75) is 19.4 Å². The van der Waals surface area contributed by atoms with E-state index in [9.17, 15) is 0 Å². The summed E-state index contributed by atoms with van der Waals surface area (Å²) in [5.74, 6) is 1.10. The van der Waals surface area contributed by atoms with Gasteiger partial charge in [0.15, 0.2) is 0 Å². The maximum Gasteiger partial charge on any atom is 0.110 e. The number of nitrogens with zero attached hydrogens (tertiary/aromatic N) is 2. The van der Waals surface area contributed by atoms with Crippen LogP contribution in [0.5, 0.6) is 0 Å². The summed E-state index contributed by atoms with van der Waals surface area (Å²) >= 11 is 7.07. The molecule has 0 amide bonds. The minimum atomic E-state index is 0.732. The van der Waals surface area contributed by atoms with Crippen molar-refractivity contribution >= 4 is 48.6 Å². The lowest BCUT2D eigenvalue weighted by molar-refractivity contribution is 0.730. The minimum Gasteiger partial charge on any atom is -0.397 e. The largest absolute Gasteiger partial charge is 0.397 e. The molecule has 5 heteroatoms. The first kappa shape index (κ1) is 18.3. The van der Waals surface area contributed by atoms with Crippen molar-refractivity contribution in [1.82, 2.24) is 9.55 Å². The standard InChI is InChI=1S/C22H19Br2N3/c23-17-12-16(13-18(24)22(17)25)10-11-21-26-19-8-4-5-9-20(19)27(21)14-15-6-2-1-3-7-15/h1-9,12-13H,10-11,14,25H2. The van der Waals surface area contributed by atoms with Crippen molar-refractivity contribution in [3.05, 3.63) is 92.6 Å². The Labute approximate surface area is 175 Å². The molecule has 0 radical (unpaired) electrons. The molecule has 0 aliphatic carbocycles. The van der Waals surface area contributed by atoms with Crippen LogP contribution in [-0.4, -0.2) is 9.55 Å². The van der Waals surface area contributed by atoms with E-state index in [-0.39, 0.29) is 0 Å². The summed E-state index contributed by atoms with van der Waals surface area (Å²) in [6.45, 7) is 0.825. The van der Waals surface area contributed by atoms with Gasteiger partial charge in [-0.25, -0.2) is 4.98 Å². The fraction of sp³-hybridized carbons (Fsp3) is 0.136. The second kappa shape index (κ2) is 7.87. The van der Waals surface area contributed by atoms with Gasteiger partial charge in [-0.05, 0) is 73.7 Å². The number of aryl methyl sites for hydroxylation is 2. The molecule has 4 rings (SSSR count). The van der Waals surface area contributed by atoms with Gasteiger partial charge in [-0.3, -0.25) is 0 Å². The van der Waals surface area contributed by atoms with Gasteiger partial charge in [-0.15, -0.1) is 0 Å². The molecular formula is C22H19Br2N3. The van der Waals surface area contributed by atoms with E-state index in [1.54, 1.807) is 0 Å². The van der Waals surface area contributed by atoms with Gasteiger partial charge in [-0.1, -0.05) is 42.5 Å². The normalized spacial score (nSPS) is 11.2. The van der Waals surface area contributed by atoms with E-state index in [1.807, 2.05) is 12.1 Å². The summed E-state index contributed by atoms with van der Waals surface area (Å²) in [4.78, 5) is 4.90. The molecule has 0 atom stereocenters. The molecule has 0 bridgehead atoms. The van der Waals surface area contributed by atoms with Gasteiger partial charge >= 0.3 is 0 Å². The lowest BCUT2D eigenvalue weighted by Gasteiger charge is -2.11. The van der Waals surface area contributed by atoms with Gasteiger partial charge in [0.25, 0.3) is 0 Å². The molecule has 3 aromatic carbocycles. The summed E-state index contributed by atoms with van der Waals surface area (Å²) in [5.41, 5.74) is 11.5. The summed E-state index contributed by atoms with van der Waals surface area (Å²) in [6, 6.07) is 23.0. The molecular weight excluding hydrogens is 466 g/mol. The molecule has 0 saturated heterocycles. The topological polar surface area (TPSA) is 43.8 Å². The second-order valence-electron chi connectivity index (χ2n) is 6.56. The number of anilines is 1. The van der Waals surface area contributed by atoms with Crippen LogP contribution in [-0.2, 0) is 19.4 Å². The highest BCUT2D eigenvalue weighted by Crippen LogP contribution is 2.30. The van der Waals surface area contributed by atoms with Crippen LogP contribution in [0.15, 0.2) is 75.7 Å². The smallest absolute Gasteiger partial charge is 0.110 e. The van der Waals surface area contributed by atoms with Crippen LogP contribution in [0.4, 0.5) is 5.69 Å². The van der Waals surface area contributed by atoms with Crippen LogP contribution in [0, 0.1) is 0 Å². The maximum atomic E-state index is 6.01. The Hall–Kier alpha value is -2.11. The van der Waals surface area contributed by atoms with Gasteiger partial charge in [-0.2, -0.15) is 0 Å². The molecule has 136 valence electrons. The Bertz CT molecular complexity index is 1060. The lowest BCUT2D eigenvalue weighted by Crippen LogP contribution is -2.07. The van der Waals surface area contributed by atoms with Crippen molar-refractivity contribution < 1.29 is 0 Å². The fourth-order valence-electron chi connectivity index (χ4n) is 3.30. The van der Waals surface area contributed by atoms with Crippen LogP contribution in [0.2, 0.25) is 0 Å². The molecule has 4 aromatic rings. The molecule has 0 fully saturated rings. The number of nitrogen functional groups attached to an aromatic ring is 1. The molecule has 1 aromatic heterocycles. The second-order valence-corrected chi connectivity index (χ2v) is 8.27. The monoisotopic (exact) mass is 483 g/mol. The third-order valence-electron chi connectivity index (χ3n) is 4.69. The third kappa shape index (κ3) is 3.94. The van der Waals surface area contributed by atoms with E-state index in [0.29, 0.717) is 0 Å². The van der Waals surface area contributed by atoms with Gasteiger partial charge in [0.2, 0.25) is 0 Å². The molecule has 2 N–H and O–H groups in total. The van der Waals surface area contributed by atoms with Gasteiger partial charge < -0.3 is 10.3 Å². The molecule has 0 unspecified atom stereocenters. The number of aromatic nitrogens is 2. The maximum absolute atomic E-state index is 6.01. The predicted molar refractivity (Wildman–Crippen MR) is 119 cm³/mol. The molecule has 3 nitrogen and oxygen atoms in total. The molecule has 0 aliphatic heterocycles. The number of para-hydroxylation sites is 2. The van der Waals surface area contributed by atoms with Gasteiger partial charge in [0, 0.05) is 21.9 Å². The van der Waals surface area contributed by atoms with Crippen LogP contribution < -0.4 is 5.73 Å². The highest BCUT2D eigenvalue weighted by molar-refractivity contribution is 9.11. The number of fused-ring (bicyclic) bond motifs is 1. The summed E-state index contributed by atoms with van der Waals surface area (Å²) in [7, 11) is 0. The Morgan fingerprint density at radius 1 is 0.815 bits per heavy atom. The van der Waals surface area contributed by atoms with Crippen LogP contribution in [0.25, 0.3) is 11.0 Å². The van der Waals surface area contributed by atoms with E-state index in [1.165, 1.54) is 16.6 Å². The average Bonchev–Trinajstić information content (AvgIpc) is 3.03. The lowest BCUT2D eigenvalue weighted by atomic mass is 10.1. The van der Waals surface area contributed by atoms with Crippen molar-refractivity contribution in [2.24, 2.45) is 0 Å². The number of halogens is 2. The summed E-state index contributed by atoms with van der Waals surface area (Å²) in [5, 5.41) is 0. The Kier molecular flexibility index (Phi) is 5.32. The first-order valence-corrected chi connectivity index (χ1v) is 10.4. The number of rotatable bonds is 5. The predicted octanol–water partition coefficient (Wildman–Crippen LogP) is 5.98. The minimum absolute atomic E-state index is 0.732. The Balaban J connectivity index is 1.66. The van der Waals surface area contributed by atoms with Crippen LogP contribution in [0.1, 0.15) is 17.0 Å². The first-order chi connectivity index (χ1) is 13.1. The van der Waals surface area contributed by atoms with E-state index >= 15 is 0 Å². The van der Waals surface area contributed by atoms with Crippen molar-refractivity contribution in [1.29, 1.82) is 0 Å². The van der Waals surface area contributed by atoms with Crippen molar-refractivity contribution in [3.63, 3.8) is 0 Å². The summed E-state index contributed by atoms with van der Waals surface area (Å²) < 4.78 is 4.17. The molecule has 27 heavy (non-hydrogen) atoms. The highest BCUT2D eigenvalue weighted by Gasteiger charge is 2.12. The SMILES string of the molecule is Nc1c(Br)cc(CCc2nc3ccccc3n2Cc2ccccc2)cc1Br. The quantitative estimate of drug-likeness (QED) is 0.354. The fourth-order valence-corrected chi connectivity index (χ4v) is 4.58. The number of imidazole rings is 1. The zero-order chi connectivity index (χ0) is 18.8. The van der Waals surface area contributed by atoms with Gasteiger partial charge in [0.05, 0.1) is 16.7 Å². The molecule has 0 spiro atoms. The Morgan fingerprint density at radius 2 is 1.48 bits per heavy atom. The van der Waals surface area contributed by atoms with E-state index in [4.69, 9.17) is 10.7 Å². The number of nitrogens with two attached hydrogens (primary N) is 1. The molecule has 1 heterocycles. The third-order valence-corrected chi connectivity index (χ3v) is 6.01. The van der Waals surface area contributed by atoms with Crippen LogP contribution >= 0.6 is 31.9 Å². The average molecular weight is 485 g/mol. The van der Waals surface area contributed by atoms with Gasteiger partial charge in [0.1, 0.15) is 5.82 Å². The van der Waals surface area contributed by atoms with E-state index in [0.717, 1.165) is 45.4 Å². The number of hydrogen-bond donors (Lipinski definition) is 1. The number of hydrogen-bond acceptors (Lipinski definition) is 2. The Morgan fingerprint density at radius 3 is 2.22 bits per heavy atom. The zero-order valence-electron chi connectivity index (χ0n) is 14.7.